The largest absolute Gasteiger partial charge is 0.455 e. The maximum atomic E-state index is 11.5. The highest BCUT2D eigenvalue weighted by molar-refractivity contribution is 7.99. The fraction of sp³-hybridized carbons (Fsp3) is 0.318. The van der Waals surface area contributed by atoms with Crippen LogP contribution in [0.4, 0.5) is 0 Å². The molecule has 3 rings (SSSR count). The molecule has 28 heavy (non-hydrogen) atoms. The highest BCUT2D eigenvalue weighted by Gasteiger charge is 2.25. The predicted octanol–water partition coefficient (Wildman–Crippen LogP) is 5.23. The van der Waals surface area contributed by atoms with Crippen molar-refractivity contribution in [3.63, 3.8) is 0 Å². The molecule has 2 heterocycles. The van der Waals surface area contributed by atoms with E-state index >= 15 is 0 Å². The summed E-state index contributed by atoms with van der Waals surface area (Å²) in [4.78, 5) is 21.8. The van der Waals surface area contributed by atoms with Crippen molar-refractivity contribution >= 4 is 17.7 Å². The molecule has 0 N–H and O–H groups in total. The van der Waals surface area contributed by atoms with Gasteiger partial charge >= 0.3 is 5.97 Å². The Morgan fingerprint density at radius 2 is 1.89 bits per heavy atom. The van der Waals surface area contributed by atoms with Crippen LogP contribution in [-0.4, -0.2) is 20.5 Å². The number of ether oxygens (including phenoxy) is 1. The Labute approximate surface area is 170 Å². The zero-order valence-electron chi connectivity index (χ0n) is 16.6. The lowest BCUT2D eigenvalue weighted by molar-refractivity contribution is -0.146. The van der Waals surface area contributed by atoms with Crippen molar-refractivity contribution in [3.8, 4) is 0 Å². The summed E-state index contributed by atoms with van der Waals surface area (Å²) in [5, 5.41) is 1.07. The average Bonchev–Trinajstić information content (AvgIpc) is 3.01. The van der Waals surface area contributed by atoms with Gasteiger partial charge in [0.25, 0.3) is 0 Å². The lowest BCUT2D eigenvalue weighted by atomic mass is 10.1. The highest BCUT2D eigenvalue weighted by Crippen LogP contribution is 2.37. The molecular formula is C22H25N3O2S. The van der Waals surface area contributed by atoms with E-state index in [1.165, 1.54) is 6.92 Å². The fourth-order valence-corrected chi connectivity index (χ4v) is 4.17. The minimum atomic E-state index is -0.434. The maximum absolute atomic E-state index is 11.5. The average molecular weight is 396 g/mol. The molecule has 6 heteroatoms. The Balaban J connectivity index is 2.10. The Bertz CT molecular complexity index is 924. The van der Waals surface area contributed by atoms with E-state index in [4.69, 9.17) is 9.72 Å². The Kier molecular flexibility index (Phi) is 6.52. The third-order valence-electron chi connectivity index (χ3n) is 4.25. The van der Waals surface area contributed by atoms with Crippen LogP contribution in [0.1, 0.15) is 56.8 Å². The predicted molar refractivity (Wildman–Crippen MR) is 110 cm³/mol. The van der Waals surface area contributed by atoms with Gasteiger partial charge in [0.2, 0.25) is 0 Å². The Morgan fingerprint density at radius 1 is 1.14 bits per heavy atom. The number of pyridine rings is 1. The molecule has 5 nitrogen and oxygen atoms in total. The quantitative estimate of drug-likeness (QED) is 0.513. The molecule has 0 amide bonds. The molecule has 1 aromatic carbocycles. The van der Waals surface area contributed by atoms with Gasteiger partial charge < -0.3 is 9.30 Å². The zero-order chi connectivity index (χ0) is 20.1. The maximum Gasteiger partial charge on any atom is 0.303 e. The Hall–Kier alpha value is -2.60. The van der Waals surface area contributed by atoms with E-state index in [0.29, 0.717) is 6.54 Å². The van der Waals surface area contributed by atoms with Gasteiger partial charge in [-0.1, -0.05) is 49.9 Å². The lowest BCUT2D eigenvalue weighted by Gasteiger charge is -2.16. The zero-order valence-corrected chi connectivity index (χ0v) is 17.4. The summed E-state index contributed by atoms with van der Waals surface area (Å²) < 4.78 is 7.62. The number of carbonyl (C=O) groups is 1. The van der Waals surface area contributed by atoms with Crippen molar-refractivity contribution in [3.05, 3.63) is 71.9 Å². The van der Waals surface area contributed by atoms with Crippen LogP contribution >= 0.6 is 11.8 Å². The molecule has 0 aliphatic rings. The van der Waals surface area contributed by atoms with Gasteiger partial charge in [-0.15, -0.1) is 0 Å². The summed E-state index contributed by atoms with van der Waals surface area (Å²) in [6.07, 6.45) is 3.18. The van der Waals surface area contributed by atoms with Gasteiger partial charge in [0, 0.05) is 24.2 Å². The van der Waals surface area contributed by atoms with Crippen LogP contribution in [0.2, 0.25) is 0 Å². The van der Waals surface area contributed by atoms with Crippen molar-refractivity contribution in [2.45, 2.75) is 56.2 Å². The van der Waals surface area contributed by atoms with Crippen LogP contribution in [0.15, 0.2) is 64.8 Å². The van der Waals surface area contributed by atoms with E-state index in [1.54, 1.807) is 18.0 Å². The summed E-state index contributed by atoms with van der Waals surface area (Å²) in [6.45, 7) is 8.17. The number of rotatable bonds is 7. The van der Waals surface area contributed by atoms with Crippen LogP contribution in [-0.2, 0) is 16.1 Å². The first-order valence-electron chi connectivity index (χ1n) is 9.35. The normalized spacial score (nSPS) is 12.2. The molecule has 146 valence electrons. The summed E-state index contributed by atoms with van der Waals surface area (Å²) in [7, 11) is 0. The van der Waals surface area contributed by atoms with Crippen molar-refractivity contribution < 1.29 is 9.53 Å². The van der Waals surface area contributed by atoms with Crippen molar-refractivity contribution in [2.75, 3.05) is 0 Å². The molecule has 0 saturated heterocycles. The third-order valence-corrected chi connectivity index (χ3v) is 5.38. The van der Waals surface area contributed by atoms with E-state index in [-0.39, 0.29) is 11.9 Å². The van der Waals surface area contributed by atoms with Gasteiger partial charge in [0.1, 0.15) is 5.03 Å². The second kappa shape index (κ2) is 9.06. The highest BCUT2D eigenvalue weighted by atomic mass is 32.2. The van der Waals surface area contributed by atoms with Gasteiger partial charge in [-0.3, -0.25) is 9.78 Å². The molecular weight excluding hydrogens is 370 g/mol. The molecule has 0 saturated carbocycles. The first-order chi connectivity index (χ1) is 13.5. The molecule has 1 unspecified atom stereocenters. The SMILES string of the molecule is CC(=O)OC(C)c1nc(C(C)C)c(Sc2ccccc2)n1Cc1cccnc1. The molecule has 0 aliphatic carbocycles. The molecule has 1 atom stereocenters. The first kappa shape index (κ1) is 20.1. The van der Waals surface area contributed by atoms with Crippen LogP contribution < -0.4 is 0 Å². The van der Waals surface area contributed by atoms with E-state index in [2.05, 4.69) is 35.5 Å². The first-order valence-corrected chi connectivity index (χ1v) is 10.2. The van der Waals surface area contributed by atoms with Gasteiger partial charge in [-0.25, -0.2) is 4.98 Å². The van der Waals surface area contributed by atoms with Crippen molar-refractivity contribution in [1.82, 2.24) is 14.5 Å². The van der Waals surface area contributed by atoms with Gasteiger partial charge in [-0.05, 0) is 36.6 Å². The molecule has 0 fully saturated rings. The summed E-state index contributed by atoms with van der Waals surface area (Å²) in [5.41, 5.74) is 2.08. The van der Waals surface area contributed by atoms with Crippen LogP contribution in [0.3, 0.4) is 0 Å². The number of nitrogens with zero attached hydrogens (tertiary/aromatic N) is 3. The number of carbonyl (C=O) groups excluding carboxylic acids is 1. The number of esters is 1. The van der Waals surface area contributed by atoms with E-state index in [0.717, 1.165) is 27.0 Å². The number of hydrogen-bond donors (Lipinski definition) is 0. The van der Waals surface area contributed by atoms with Crippen LogP contribution in [0, 0.1) is 0 Å². The van der Waals surface area contributed by atoms with Crippen molar-refractivity contribution in [2.24, 2.45) is 0 Å². The molecule has 3 aromatic rings. The molecule has 0 bridgehead atoms. The molecule has 0 aliphatic heterocycles. The Morgan fingerprint density at radius 3 is 2.50 bits per heavy atom. The van der Waals surface area contributed by atoms with Gasteiger partial charge in [0.05, 0.1) is 12.2 Å². The van der Waals surface area contributed by atoms with Gasteiger partial charge in [0.15, 0.2) is 11.9 Å². The topological polar surface area (TPSA) is 57.0 Å². The molecule has 0 spiro atoms. The van der Waals surface area contributed by atoms with E-state index in [1.807, 2.05) is 43.5 Å². The minimum Gasteiger partial charge on any atom is -0.455 e. The second-order valence-electron chi connectivity index (χ2n) is 6.93. The van der Waals surface area contributed by atoms with Crippen LogP contribution in [0.5, 0.6) is 0 Å². The van der Waals surface area contributed by atoms with Crippen molar-refractivity contribution in [1.29, 1.82) is 0 Å². The van der Waals surface area contributed by atoms with E-state index in [9.17, 15) is 4.79 Å². The third kappa shape index (κ3) is 4.81. The summed E-state index contributed by atoms with van der Waals surface area (Å²) >= 11 is 1.69. The van der Waals surface area contributed by atoms with E-state index < -0.39 is 6.10 Å². The molecule has 2 aromatic heterocycles. The fourth-order valence-electron chi connectivity index (χ4n) is 3.00. The van der Waals surface area contributed by atoms with Gasteiger partial charge in [-0.2, -0.15) is 0 Å². The number of benzene rings is 1. The summed E-state index contributed by atoms with van der Waals surface area (Å²) in [6, 6.07) is 14.2. The summed E-state index contributed by atoms with van der Waals surface area (Å²) in [5.74, 6) is 0.678. The number of imidazole rings is 1. The number of hydrogen-bond acceptors (Lipinski definition) is 5. The standard InChI is InChI=1S/C22H25N3O2S/c1-15(2)20-22(28-19-10-6-5-7-11-19)25(14-18-9-8-12-23-13-18)21(24-20)16(3)27-17(4)26/h5-13,15-16H,14H2,1-4H3. The minimum absolute atomic E-state index is 0.240. The second-order valence-corrected chi connectivity index (χ2v) is 7.99. The smallest absolute Gasteiger partial charge is 0.303 e. The number of aromatic nitrogens is 3. The molecule has 0 radical (unpaired) electrons. The monoisotopic (exact) mass is 395 g/mol. The van der Waals surface area contributed by atoms with Crippen LogP contribution in [0.25, 0.3) is 0 Å². The lowest BCUT2D eigenvalue weighted by Crippen LogP contribution is -2.13.